The number of fused-ring (bicyclic) bond motifs is 3. The van der Waals surface area contributed by atoms with Crippen molar-refractivity contribution in [3.63, 3.8) is 0 Å². The van der Waals surface area contributed by atoms with Crippen molar-refractivity contribution in [2.75, 3.05) is 0 Å². The first-order chi connectivity index (χ1) is 13.7. The topological polar surface area (TPSA) is 74.1 Å². The minimum atomic E-state index is -0.427. The first-order valence-corrected chi connectivity index (χ1v) is 9.00. The van der Waals surface area contributed by atoms with Crippen molar-refractivity contribution in [3.05, 3.63) is 90.4 Å². The Labute approximate surface area is 161 Å². The Bertz CT molecular complexity index is 1300. The lowest BCUT2D eigenvalue weighted by Crippen LogP contribution is -2.11. The average molecular weight is 367 g/mol. The van der Waals surface area contributed by atoms with Crippen LogP contribution >= 0.6 is 0 Å². The average Bonchev–Trinajstić information content (AvgIpc) is 3.36. The van der Waals surface area contributed by atoms with Crippen LogP contribution in [0.5, 0.6) is 0 Å². The van der Waals surface area contributed by atoms with Crippen LogP contribution in [0.2, 0.25) is 0 Å². The molecule has 2 N–H and O–H groups in total. The largest absolute Gasteiger partial charge is 0.464 e. The van der Waals surface area contributed by atoms with Gasteiger partial charge in [0.1, 0.15) is 5.76 Å². The zero-order chi connectivity index (χ0) is 19.1. The van der Waals surface area contributed by atoms with E-state index in [0.717, 1.165) is 38.7 Å². The fourth-order valence-corrected chi connectivity index (χ4v) is 3.79. The van der Waals surface area contributed by atoms with Crippen LogP contribution in [-0.2, 0) is 6.54 Å². The van der Waals surface area contributed by atoms with E-state index < -0.39 is 5.91 Å². The highest BCUT2D eigenvalue weighted by Crippen LogP contribution is 2.35. The molecule has 5 heteroatoms. The van der Waals surface area contributed by atoms with Crippen LogP contribution < -0.4 is 5.73 Å². The molecule has 0 saturated heterocycles. The molecule has 0 saturated carbocycles. The fourth-order valence-electron chi connectivity index (χ4n) is 3.79. The molecule has 0 aliphatic carbocycles. The van der Waals surface area contributed by atoms with E-state index in [2.05, 4.69) is 15.6 Å². The van der Waals surface area contributed by atoms with Crippen LogP contribution in [0, 0.1) is 0 Å². The van der Waals surface area contributed by atoms with E-state index >= 15 is 0 Å². The predicted octanol–water partition coefficient (Wildman–Crippen LogP) is 4.60. The molecule has 5 rings (SSSR count). The van der Waals surface area contributed by atoms with Gasteiger partial charge in [-0.2, -0.15) is 0 Å². The molecule has 5 aromatic rings. The number of hydrogen-bond donors (Lipinski definition) is 1. The number of furan rings is 1. The molecule has 1 amide bonds. The number of rotatable bonds is 4. The number of hydrogen-bond acceptors (Lipinski definition) is 3. The summed E-state index contributed by atoms with van der Waals surface area (Å²) in [6, 6.07) is 19.6. The van der Waals surface area contributed by atoms with Gasteiger partial charge in [-0.05, 0) is 48.0 Å². The Morgan fingerprint density at radius 3 is 2.61 bits per heavy atom. The standard InChI is InChI=1S/C23H17N3O2/c24-23(27)18-3-1-4-19-22(18)17-7-6-16(21-5-2-12-28-21)13-20(17)26(19)14-15-8-10-25-11-9-15/h1-13H,14H2,(H2,24,27). The van der Waals surface area contributed by atoms with Gasteiger partial charge < -0.3 is 14.7 Å². The summed E-state index contributed by atoms with van der Waals surface area (Å²) in [5.41, 5.74) is 10.3. The van der Waals surface area contributed by atoms with E-state index in [1.54, 1.807) is 24.7 Å². The van der Waals surface area contributed by atoms with Crippen molar-refractivity contribution in [1.82, 2.24) is 9.55 Å². The Kier molecular flexibility index (Phi) is 3.72. The molecule has 0 spiro atoms. The van der Waals surface area contributed by atoms with Gasteiger partial charge in [-0.25, -0.2) is 0 Å². The number of nitrogens with two attached hydrogens (primary N) is 1. The second-order valence-electron chi connectivity index (χ2n) is 6.71. The molecular formula is C23H17N3O2. The molecule has 0 bridgehead atoms. The number of pyridine rings is 1. The van der Waals surface area contributed by atoms with Gasteiger partial charge in [-0.1, -0.05) is 18.2 Å². The number of primary amides is 1. The first kappa shape index (κ1) is 16.3. The normalized spacial score (nSPS) is 11.3. The lowest BCUT2D eigenvalue weighted by atomic mass is 10.0. The molecule has 0 unspecified atom stereocenters. The van der Waals surface area contributed by atoms with Crippen LogP contribution in [0.15, 0.2) is 83.7 Å². The van der Waals surface area contributed by atoms with E-state index in [1.807, 2.05) is 48.5 Å². The minimum Gasteiger partial charge on any atom is -0.464 e. The van der Waals surface area contributed by atoms with Crippen LogP contribution in [0.1, 0.15) is 15.9 Å². The summed E-state index contributed by atoms with van der Waals surface area (Å²) in [5, 5.41) is 1.87. The van der Waals surface area contributed by atoms with Gasteiger partial charge in [0.2, 0.25) is 5.91 Å². The molecule has 3 heterocycles. The van der Waals surface area contributed by atoms with E-state index in [9.17, 15) is 4.79 Å². The number of carbonyl (C=O) groups excluding carboxylic acids is 1. The molecule has 3 aromatic heterocycles. The van der Waals surface area contributed by atoms with E-state index in [1.165, 1.54) is 0 Å². The van der Waals surface area contributed by atoms with Crippen molar-refractivity contribution < 1.29 is 9.21 Å². The SMILES string of the molecule is NC(=O)c1cccc2c1c1ccc(-c3ccco3)cc1n2Cc1ccncc1. The molecule has 0 atom stereocenters. The Hall–Kier alpha value is -3.86. The molecular weight excluding hydrogens is 350 g/mol. The predicted molar refractivity (Wildman–Crippen MR) is 109 cm³/mol. The number of carbonyl (C=O) groups is 1. The van der Waals surface area contributed by atoms with Crippen LogP contribution in [0.25, 0.3) is 33.1 Å². The smallest absolute Gasteiger partial charge is 0.249 e. The van der Waals surface area contributed by atoms with E-state index in [4.69, 9.17) is 10.2 Å². The second-order valence-corrected chi connectivity index (χ2v) is 6.71. The second kappa shape index (κ2) is 6.39. The van der Waals surface area contributed by atoms with Gasteiger partial charge in [0.05, 0.1) is 17.3 Å². The highest BCUT2D eigenvalue weighted by atomic mass is 16.3. The zero-order valence-corrected chi connectivity index (χ0v) is 15.0. The maximum atomic E-state index is 12.1. The lowest BCUT2D eigenvalue weighted by molar-refractivity contribution is 0.100. The van der Waals surface area contributed by atoms with Crippen molar-refractivity contribution in [2.45, 2.75) is 6.54 Å². The number of aromatic nitrogens is 2. The van der Waals surface area contributed by atoms with E-state index in [-0.39, 0.29) is 0 Å². The van der Waals surface area contributed by atoms with E-state index in [0.29, 0.717) is 12.1 Å². The fraction of sp³-hybridized carbons (Fsp3) is 0.0435. The number of amides is 1. The van der Waals surface area contributed by atoms with Crippen molar-refractivity contribution in [1.29, 1.82) is 0 Å². The molecule has 28 heavy (non-hydrogen) atoms. The van der Waals surface area contributed by atoms with Gasteiger partial charge in [0.15, 0.2) is 0 Å². The quantitative estimate of drug-likeness (QED) is 0.505. The molecule has 5 nitrogen and oxygen atoms in total. The van der Waals surface area contributed by atoms with Crippen LogP contribution in [0.4, 0.5) is 0 Å². The highest BCUT2D eigenvalue weighted by Gasteiger charge is 2.17. The maximum Gasteiger partial charge on any atom is 0.249 e. The van der Waals surface area contributed by atoms with Crippen molar-refractivity contribution >= 4 is 27.7 Å². The zero-order valence-electron chi connectivity index (χ0n) is 15.0. The van der Waals surface area contributed by atoms with Crippen LogP contribution in [0.3, 0.4) is 0 Å². The summed E-state index contributed by atoms with van der Waals surface area (Å²) in [7, 11) is 0. The summed E-state index contributed by atoms with van der Waals surface area (Å²) in [6.45, 7) is 0.659. The number of nitrogens with zero attached hydrogens (tertiary/aromatic N) is 2. The molecule has 0 radical (unpaired) electrons. The summed E-state index contributed by atoms with van der Waals surface area (Å²) in [5.74, 6) is 0.376. The van der Waals surface area contributed by atoms with Crippen LogP contribution in [-0.4, -0.2) is 15.5 Å². The summed E-state index contributed by atoms with van der Waals surface area (Å²) in [6.07, 6.45) is 5.23. The Morgan fingerprint density at radius 2 is 1.86 bits per heavy atom. The molecule has 136 valence electrons. The van der Waals surface area contributed by atoms with Gasteiger partial charge >= 0.3 is 0 Å². The third-order valence-electron chi connectivity index (χ3n) is 5.05. The highest BCUT2D eigenvalue weighted by molar-refractivity contribution is 6.18. The Balaban J connectivity index is 1.83. The van der Waals surface area contributed by atoms with Crippen molar-refractivity contribution in [2.24, 2.45) is 5.73 Å². The third kappa shape index (κ3) is 2.56. The first-order valence-electron chi connectivity index (χ1n) is 9.00. The molecule has 0 fully saturated rings. The third-order valence-corrected chi connectivity index (χ3v) is 5.05. The summed E-state index contributed by atoms with van der Waals surface area (Å²) < 4.78 is 7.78. The summed E-state index contributed by atoms with van der Waals surface area (Å²) in [4.78, 5) is 16.2. The van der Waals surface area contributed by atoms with Crippen molar-refractivity contribution in [3.8, 4) is 11.3 Å². The minimum absolute atomic E-state index is 0.427. The Morgan fingerprint density at radius 1 is 1.00 bits per heavy atom. The molecule has 2 aromatic carbocycles. The number of benzene rings is 2. The van der Waals surface area contributed by atoms with Gasteiger partial charge in [0.25, 0.3) is 0 Å². The monoisotopic (exact) mass is 367 g/mol. The summed E-state index contributed by atoms with van der Waals surface area (Å²) >= 11 is 0. The van der Waals surface area contributed by atoms with Gasteiger partial charge in [0, 0.05) is 40.8 Å². The molecule has 0 aliphatic heterocycles. The lowest BCUT2D eigenvalue weighted by Gasteiger charge is -2.08. The molecule has 0 aliphatic rings. The maximum absolute atomic E-state index is 12.1. The van der Waals surface area contributed by atoms with Gasteiger partial charge in [-0.3, -0.25) is 9.78 Å². The van der Waals surface area contributed by atoms with Gasteiger partial charge in [-0.15, -0.1) is 0 Å².